The van der Waals surface area contributed by atoms with Gasteiger partial charge in [0.05, 0.1) is 6.61 Å². The smallest absolute Gasteiger partial charge is 0.317 e. The first-order valence-corrected chi connectivity index (χ1v) is 6.17. The number of benzene rings is 1. The first-order valence-electron chi connectivity index (χ1n) is 6.17. The molecule has 4 nitrogen and oxygen atoms in total. The molecule has 1 fully saturated rings. The Hall–Kier alpha value is -1.84. The van der Waals surface area contributed by atoms with Crippen molar-refractivity contribution in [2.24, 2.45) is 5.41 Å². The number of fused-ring (bicyclic) bond motifs is 1. The molecule has 94 valence electrons. The van der Waals surface area contributed by atoms with Crippen molar-refractivity contribution in [3.8, 4) is 5.75 Å². The quantitative estimate of drug-likeness (QED) is 0.655. The molecule has 1 aliphatic carbocycles. The van der Waals surface area contributed by atoms with Crippen LogP contribution < -0.4 is 4.74 Å². The minimum absolute atomic E-state index is 0.261. The van der Waals surface area contributed by atoms with Crippen molar-refractivity contribution in [2.75, 3.05) is 6.61 Å². The zero-order chi connectivity index (χ0) is 12.8. The van der Waals surface area contributed by atoms with Gasteiger partial charge in [0.15, 0.2) is 5.78 Å². The van der Waals surface area contributed by atoms with Crippen LogP contribution in [0.2, 0.25) is 0 Å². The van der Waals surface area contributed by atoms with Gasteiger partial charge in [-0.15, -0.1) is 0 Å². The highest BCUT2D eigenvalue weighted by Crippen LogP contribution is 2.48. The van der Waals surface area contributed by atoms with E-state index >= 15 is 0 Å². The van der Waals surface area contributed by atoms with E-state index in [0.717, 1.165) is 24.2 Å². The molecule has 1 N–H and O–H groups in total. The molecule has 18 heavy (non-hydrogen) atoms. The summed E-state index contributed by atoms with van der Waals surface area (Å²) in [6, 6.07) is 5.25. The van der Waals surface area contributed by atoms with Gasteiger partial charge < -0.3 is 9.84 Å². The lowest BCUT2D eigenvalue weighted by Gasteiger charge is -2.18. The van der Waals surface area contributed by atoms with Crippen LogP contribution in [0.15, 0.2) is 18.2 Å². The van der Waals surface area contributed by atoms with E-state index in [4.69, 9.17) is 9.84 Å². The van der Waals surface area contributed by atoms with Crippen LogP contribution in [0.1, 0.15) is 35.2 Å². The van der Waals surface area contributed by atoms with Crippen LogP contribution in [0.3, 0.4) is 0 Å². The van der Waals surface area contributed by atoms with Crippen molar-refractivity contribution in [1.29, 1.82) is 0 Å². The number of ketones is 1. The molecule has 1 aromatic carbocycles. The molecule has 3 rings (SSSR count). The Balaban J connectivity index is 1.93. The fourth-order valence-electron chi connectivity index (χ4n) is 2.44. The molecule has 1 aliphatic heterocycles. The number of carbonyl (C=O) groups is 2. The predicted molar refractivity (Wildman–Crippen MR) is 63.9 cm³/mol. The third-order valence-electron chi connectivity index (χ3n) is 3.76. The third kappa shape index (κ3) is 1.60. The molecule has 1 heterocycles. The highest BCUT2D eigenvalue weighted by molar-refractivity contribution is 6.14. The molecule has 0 saturated heterocycles. The van der Waals surface area contributed by atoms with Crippen LogP contribution in [-0.2, 0) is 11.2 Å². The van der Waals surface area contributed by atoms with Crippen LogP contribution in [0.4, 0.5) is 0 Å². The lowest BCUT2D eigenvalue weighted by atomic mass is 9.92. The van der Waals surface area contributed by atoms with Crippen molar-refractivity contribution >= 4 is 11.8 Å². The van der Waals surface area contributed by atoms with E-state index in [-0.39, 0.29) is 5.78 Å². The summed E-state index contributed by atoms with van der Waals surface area (Å²) in [4.78, 5) is 23.4. The first-order chi connectivity index (χ1) is 8.63. The Kier molecular flexibility index (Phi) is 2.40. The number of hydrogen-bond acceptors (Lipinski definition) is 3. The fraction of sp³-hybridized carbons (Fsp3) is 0.429. The Morgan fingerprint density at radius 3 is 2.72 bits per heavy atom. The largest absolute Gasteiger partial charge is 0.493 e. The molecule has 4 heteroatoms. The number of carboxylic acid groups (broad SMARTS) is 1. The predicted octanol–water partition coefficient (Wildman–Crippen LogP) is 2.06. The van der Waals surface area contributed by atoms with Crippen LogP contribution in [-0.4, -0.2) is 23.5 Å². The average molecular weight is 246 g/mol. The maximum Gasteiger partial charge on any atom is 0.317 e. The number of ether oxygens (including phenoxy) is 1. The monoisotopic (exact) mass is 246 g/mol. The van der Waals surface area contributed by atoms with Gasteiger partial charge in [0, 0.05) is 5.56 Å². The first kappa shape index (κ1) is 11.3. The molecular weight excluding hydrogens is 232 g/mol. The van der Waals surface area contributed by atoms with E-state index in [1.165, 1.54) is 0 Å². The van der Waals surface area contributed by atoms with Crippen LogP contribution in [0.25, 0.3) is 0 Å². The number of aliphatic carboxylic acids is 1. The number of carboxylic acids is 1. The summed E-state index contributed by atoms with van der Waals surface area (Å²) in [5, 5.41) is 9.13. The zero-order valence-corrected chi connectivity index (χ0v) is 9.94. The second kappa shape index (κ2) is 3.83. The maximum absolute atomic E-state index is 12.2. The van der Waals surface area contributed by atoms with Crippen molar-refractivity contribution < 1.29 is 19.4 Å². The Morgan fingerprint density at radius 1 is 1.28 bits per heavy atom. The topological polar surface area (TPSA) is 63.6 Å². The zero-order valence-electron chi connectivity index (χ0n) is 9.94. The summed E-state index contributed by atoms with van der Waals surface area (Å²) in [6.45, 7) is 0.708. The lowest BCUT2D eigenvalue weighted by molar-refractivity contribution is -0.141. The molecule has 1 aromatic rings. The minimum atomic E-state index is -1.15. The normalized spacial score (nSPS) is 19.6. The van der Waals surface area contributed by atoms with E-state index in [0.29, 0.717) is 25.0 Å². The molecule has 2 aliphatic rings. The van der Waals surface area contributed by atoms with Crippen LogP contribution in [0.5, 0.6) is 5.75 Å². The summed E-state index contributed by atoms with van der Waals surface area (Å²) in [7, 11) is 0. The summed E-state index contributed by atoms with van der Waals surface area (Å²) < 4.78 is 5.48. The summed E-state index contributed by atoms with van der Waals surface area (Å²) in [6.07, 6.45) is 2.73. The number of rotatable bonds is 3. The summed E-state index contributed by atoms with van der Waals surface area (Å²) in [5.41, 5.74) is 0.358. The van der Waals surface area contributed by atoms with Crippen LogP contribution >= 0.6 is 0 Å². The molecule has 0 atom stereocenters. The third-order valence-corrected chi connectivity index (χ3v) is 3.76. The van der Waals surface area contributed by atoms with E-state index in [1.807, 2.05) is 0 Å². The van der Waals surface area contributed by atoms with Gasteiger partial charge >= 0.3 is 5.97 Å². The fourth-order valence-corrected chi connectivity index (χ4v) is 2.44. The van der Waals surface area contributed by atoms with Gasteiger partial charge in [-0.1, -0.05) is 0 Å². The second-order valence-electron chi connectivity index (χ2n) is 4.99. The summed E-state index contributed by atoms with van der Waals surface area (Å²) in [5.74, 6) is -0.442. The average Bonchev–Trinajstić information content (AvgIpc) is 3.19. The summed E-state index contributed by atoms with van der Waals surface area (Å²) >= 11 is 0. The van der Waals surface area contributed by atoms with Gasteiger partial charge in [-0.3, -0.25) is 9.59 Å². The van der Waals surface area contributed by atoms with E-state index < -0.39 is 11.4 Å². The van der Waals surface area contributed by atoms with Crippen LogP contribution in [0, 0.1) is 5.41 Å². The minimum Gasteiger partial charge on any atom is -0.493 e. The molecule has 0 spiro atoms. The van der Waals surface area contributed by atoms with Gasteiger partial charge in [0.25, 0.3) is 0 Å². The molecule has 1 saturated carbocycles. The highest BCUT2D eigenvalue weighted by Gasteiger charge is 2.56. The van der Waals surface area contributed by atoms with E-state index in [9.17, 15) is 9.59 Å². The van der Waals surface area contributed by atoms with Gasteiger partial charge in [-0.05, 0) is 49.4 Å². The molecular formula is C14H14O4. The molecule has 0 bridgehead atoms. The van der Waals surface area contributed by atoms with Crippen molar-refractivity contribution in [1.82, 2.24) is 0 Å². The van der Waals surface area contributed by atoms with Gasteiger partial charge in [-0.2, -0.15) is 0 Å². The number of aryl methyl sites for hydroxylation is 1. The van der Waals surface area contributed by atoms with E-state index in [2.05, 4.69) is 0 Å². The number of carbonyl (C=O) groups excluding carboxylic acids is 1. The molecule has 0 radical (unpaired) electrons. The highest BCUT2D eigenvalue weighted by atomic mass is 16.5. The van der Waals surface area contributed by atoms with Gasteiger partial charge in [-0.25, -0.2) is 0 Å². The second-order valence-corrected chi connectivity index (χ2v) is 4.99. The van der Waals surface area contributed by atoms with Crippen molar-refractivity contribution in [3.63, 3.8) is 0 Å². The lowest BCUT2D eigenvalue weighted by Crippen LogP contribution is -2.25. The molecule has 0 amide bonds. The Bertz CT molecular complexity index is 529. The maximum atomic E-state index is 12.2. The van der Waals surface area contributed by atoms with Crippen molar-refractivity contribution in [3.05, 3.63) is 29.3 Å². The van der Waals surface area contributed by atoms with Gasteiger partial charge in [0.1, 0.15) is 11.2 Å². The Labute approximate surface area is 105 Å². The standard InChI is InChI=1S/C14H14O4/c15-12(14(5-6-14)13(16)17)10-3-4-11-9(8-10)2-1-7-18-11/h3-4,8H,1-2,5-7H2,(H,16,17). The molecule has 0 unspecified atom stereocenters. The number of Topliss-reactive ketones (excluding diaryl/α,β-unsaturated/α-hetero) is 1. The molecule has 0 aromatic heterocycles. The van der Waals surface area contributed by atoms with E-state index in [1.54, 1.807) is 18.2 Å². The number of hydrogen-bond donors (Lipinski definition) is 1. The van der Waals surface area contributed by atoms with Gasteiger partial charge in [0.2, 0.25) is 0 Å². The SMILES string of the molecule is O=C(O)C1(C(=O)c2ccc3c(c2)CCCO3)CC1. The van der Waals surface area contributed by atoms with Crippen molar-refractivity contribution in [2.45, 2.75) is 25.7 Å². The Morgan fingerprint density at radius 2 is 2.06 bits per heavy atom.